The predicted molar refractivity (Wildman–Crippen MR) is 424 cm³/mol. The van der Waals surface area contributed by atoms with Crippen molar-refractivity contribution in [3.8, 4) is 28.9 Å². The summed E-state index contributed by atoms with van der Waals surface area (Å²) in [5, 5.41) is 44.4. The number of amides is 4. The Morgan fingerprint density at radius 2 is 0.845 bits per heavy atom. The van der Waals surface area contributed by atoms with Crippen LogP contribution < -0.4 is 69.8 Å². The third-order valence-corrected chi connectivity index (χ3v) is 13.4. The molecule has 0 saturated heterocycles. The van der Waals surface area contributed by atoms with Gasteiger partial charge in [0.15, 0.2) is 34.4 Å². The smallest absolute Gasteiger partial charge is 1.00 e. The van der Waals surface area contributed by atoms with Gasteiger partial charge in [-0.2, -0.15) is 5.10 Å². The van der Waals surface area contributed by atoms with Gasteiger partial charge in [0, 0.05) is 59.0 Å². The largest absolute Gasteiger partial charge is 1.00 e. The molecule has 4 aromatic heterocycles. The molecule has 0 aliphatic carbocycles. The molecule has 0 bridgehead atoms. The number of hydrogen-bond donors (Lipinski definition) is 7. The first-order chi connectivity index (χ1) is 53.6. The molecule has 4 aromatic carbocycles. The third-order valence-electron chi connectivity index (χ3n) is 13.0. The van der Waals surface area contributed by atoms with Crippen molar-refractivity contribution in [2.75, 3.05) is 66.1 Å². The number of carbonyl (C=O) groups is 8. The number of nitrogens with zero attached hydrogens (tertiary/aromatic N) is 6. The number of hydrogen-bond acceptors (Lipinski definition) is 23. The summed E-state index contributed by atoms with van der Waals surface area (Å²) in [4.78, 5) is 98.4. The number of phenols is 1. The molecule has 38 heteroatoms. The number of imidazole rings is 2. The maximum atomic E-state index is 14.0. The fourth-order valence-corrected chi connectivity index (χ4v) is 8.72. The maximum Gasteiger partial charge on any atom is 1.00 e. The van der Waals surface area contributed by atoms with Gasteiger partial charge in [-0.15, -0.1) is 16.7 Å². The number of ketones is 4. The number of aliphatic hydroxyl groups excluding tert-OH is 2. The first kappa shape index (κ1) is 106. The van der Waals surface area contributed by atoms with Crippen molar-refractivity contribution in [1.29, 1.82) is 0 Å². The SMILES string of the molecule is CC(=O)c1cc(F)ccc1O.CC(=O)c1cc(F)ccc1OCCNC(=O)OC(C)(C)C.CC(=O)c1cnc2ccc(Cl)nn12.CC(=O)c1cnc2ccc(OC(C)c3cc(F)ccc3OCCNC(=O)OC(C)(C)C)nn12.CC(C)(C)OC(=O)NCCCl.CC(O)c1cc(F)ccc1OCCNC(=O)OC(C)(C)C.CO.[2H]CF.[B].[H-].[Na+]. The van der Waals surface area contributed by atoms with Gasteiger partial charge in [0.05, 0.1) is 57.8 Å². The summed E-state index contributed by atoms with van der Waals surface area (Å²) in [6.45, 7) is 31.7. The van der Waals surface area contributed by atoms with Crippen molar-refractivity contribution in [1.82, 2.24) is 50.5 Å². The Bertz CT molecular complexity index is 4460. The van der Waals surface area contributed by atoms with E-state index in [1.54, 1.807) is 93.5 Å². The van der Waals surface area contributed by atoms with Crippen LogP contribution in [0.5, 0.6) is 28.9 Å². The second-order valence-electron chi connectivity index (χ2n) is 27.4. The first-order valence-electron chi connectivity index (χ1n) is 35.5. The Morgan fingerprint density at radius 3 is 1.22 bits per heavy atom. The van der Waals surface area contributed by atoms with Gasteiger partial charge in [0.1, 0.15) is 111 Å². The molecular weight excluding hydrogens is 1580 g/mol. The van der Waals surface area contributed by atoms with Crippen LogP contribution in [0.15, 0.2) is 109 Å². The second-order valence-corrected chi connectivity index (χ2v) is 28.2. The molecule has 29 nitrogen and oxygen atoms in total. The fraction of sp³-hybridized carbons (Fsp3) is 0.436. The third kappa shape index (κ3) is 43.7. The molecule has 633 valence electrons. The number of nitrogens with one attached hydrogen (secondary N) is 4. The summed E-state index contributed by atoms with van der Waals surface area (Å²) in [5.74, 6) is -1.27. The van der Waals surface area contributed by atoms with Crippen LogP contribution in [-0.2, 0) is 18.9 Å². The number of alkyl halides is 2. The number of aromatic hydroxyl groups is 1. The van der Waals surface area contributed by atoms with Crippen LogP contribution in [0.1, 0.15) is 192 Å². The molecule has 0 aliphatic rings. The number of fused-ring (bicyclic) bond motifs is 2. The monoisotopic (exact) mass is 1680 g/mol. The molecule has 8 rings (SSSR count). The predicted octanol–water partition coefficient (Wildman–Crippen LogP) is 11.8. The summed E-state index contributed by atoms with van der Waals surface area (Å²) in [7, 11) is 0. The zero-order valence-corrected chi connectivity index (χ0v) is 72.2. The zero-order chi connectivity index (χ0) is 87.7. The normalized spacial score (nSPS) is 11.1. The van der Waals surface area contributed by atoms with Crippen LogP contribution in [0.2, 0.25) is 5.15 Å². The molecular formula is C78H104BCl2F5N10NaO19. The molecule has 7 N–H and O–H groups in total. The standard InChI is InChI=1S/C23H27FN4O5.C15H22FNO4.C15H20FNO4.C8H6ClN3O.C8H7FO2.C7H14ClNO2.CH3F.CH4O.B.Na.H/c1-14(29)18-13-26-20-8-9-21(27-28(18)20)32-15(2)17-12-16(24)6-7-19(17)31-11-10-25-22(30)33-23(3,4)5;2*1-10(18)12-9-11(16)5-6-13(12)20-8-7-17-14(19)21-15(2,3)4;1-5(13)6-4-10-8-3-2-7(9)11-12(6)8;1-5(10)7-4-6(9)2-3-8(7)11;1-7(2,3)11-6(10)9-5-4-8;2*1-2;;;/h6-9,12-13,15H,10-11H2,1-5H3,(H,25,30);5-6,9-10,18H,7-8H2,1-4H3,(H,17,19);5-6,9H,7-8H2,1-4H3,(H,17,19);2-4H,1H3;2-4,11H,1H3;4-5H2,1-3H3,(H,9,10);1H3;2H,1H3;;;/q;;;;;;;;;+1;-1/i;;;;;;1D;;;;. The van der Waals surface area contributed by atoms with Crippen LogP contribution in [-0.4, -0.2) is 189 Å². The topological polar surface area (TPSA) is 380 Å². The molecule has 116 heavy (non-hydrogen) atoms. The molecule has 4 heterocycles. The average Bonchev–Trinajstić information content (AvgIpc) is 1.68. The van der Waals surface area contributed by atoms with E-state index in [9.17, 15) is 65.4 Å². The van der Waals surface area contributed by atoms with Crippen LogP contribution in [0.4, 0.5) is 41.1 Å². The van der Waals surface area contributed by atoms with Crippen molar-refractivity contribution in [2.24, 2.45) is 0 Å². The van der Waals surface area contributed by atoms with Gasteiger partial charge in [-0.1, -0.05) is 11.6 Å². The summed E-state index contributed by atoms with van der Waals surface area (Å²) in [6.07, 6.45) is -0.565. The van der Waals surface area contributed by atoms with Crippen molar-refractivity contribution in [3.05, 3.63) is 172 Å². The van der Waals surface area contributed by atoms with E-state index in [1.807, 2.05) is 20.8 Å². The van der Waals surface area contributed by atoms with E-state index in [4.69, 9.17) is 72.7 Å². The van der Waals surface area contributed by atoms with Crippen molar-refractivity contribution < 1.29 is 146 Å². The number of halogens is 7. The zero-order valence-electron chi connectivity index (χ0n) is 70.7. The van der Waals surface area contributed by atoms with E-state index >= 15 is 0 Å². The maximum absolute atomic E-state index is 14.0. The number of carbonyl (C=O) groups excluding carboxylic acids is 8. The molecule has 0 fully saturated rings. The van der Waals surface area contributed by atoms with Gasteiger partial charge >= 0.3 is 53.9 Å². The summed E-state index contributed by atoms with van der Waals surface area (Å²) in [6, 6.07) is 21.6. The van der Waals surface area contributed by atoms with E-state index in [0.29, 0.717) is 62.9 Å². The molecule has 0 spiro atoms. The number of benzene rings is 4. The van der Waals surface area contributed by atoms with E-state index in [-0.39, 0.29) is 130 Å². The number of Topliss-reactive ketones (excluding diaryl/α,β-unsaturated/α-hetero) is 4. The van der Waals surface area contributed by atoms with Gasteiger partial charge < -0.3 is 75.9 Å². The number of ether oxygens (including phenoxy) is 8. The van der Waals surface area contributed by atoms with Gasteiger partial charge in [-0.3, -0.25) is 23.6 Å². The first-order valence-corrected chi connectivity index (χ1v) is 35.7. The average molecular weight is 1690 g/mol. The van der Waals surface area contributed by atoms with Gasteiger partial charge in [-0.05, 0) is 202 Å². The number of aromatic nitrogens is 6. The Hall–Kier alpha value is -9.91. The summed E-state index contributed by atoms with van der Waals surface area (Å²) >= 11 is 11.0. The molecule has 2 unspecified atom stereocenters. The van der Waals surface area contributed by atoms with Gasteiger partial charge in [0.2, 0.25) is 5.88 Å². The Balaban J connectivity index is -0.00000138. The molecule has 3 radical (unpaired) electrons. The minimum Gasteiger partial charge on any atom is -1.00 e. The van der Waals surface area contributed by atoms with Gasteiger partial charge in [0.25, 0.3) is 0 Å². The molecule has 8 aromatic rings. The number of phenolic OH excluding ortho intramolecular Hbond substituents is 1. The summed E-state index contributed by atoms with van der Waals surface area (Å²) in [5.41, 5.74) is 0.772. The van der Waals surface area contributed by atoms with E-state index in [1.165, 1.54) is 105 Å². The Morgan fingerprint density at radius 1 is 0.509 bits per heavy atom. The Labute approximate surface area is 708 Å². The quantitative estimate of drug-likeness (QED) is 0.00827. The molecule has 2 atom stereocenters. The molecule has 4 amide bonds. The van der Waals surface area contributed by atoms with E-state index < -0.39 is 89.4 Å². The number of aliphatic hydroxyl groups is 2. The van der Waals surface area contributed by atoms with Crippen molar-refractivity contribution in [3.63, 3.8) is 0 Å². The van der Waals surface area contributed by atoms with E-state index in [0.717, 1.165) is 31.4 Å². The van der Waals surface area contributed by atoms with Crippen LogP contribution in [0.3, 0.4) is 0 Å². The van der Waals surface area contributed by atoms with Crippen LogP contribution in [0, 0.1) is 23.3 Å². The number of alkyl carbamates (subject to hydrolysis) is 4. The van der Waals surface area contributed by atoms with Gasteiger partial charge in [-0.25, -0.2) is 55.7 Å². The Kier molecular flexibility index (Phi) is 48.8. The fourth-order valence-electron chi connectivity index (χ4n) is 8.48. The minimum absolute atomic E-state index is 0. The molecule has 0 aliphatic heterocycles. The molecule has 0 saturated carbocycles. The van der Waals surface area contributed by atoms with Crippen molar-refractivity contribution >= 4 is 90.4 Å². The minimum atomic E-state index is -1.00. The van der Waals surface area contributed by atoms with Crippen molar-refractivity contribution in [2.45, 2.75) is 159 Å². The van der Waals surface area contributed by atoms with Crippen LogP contribution in [0.25, 0.3) is 11.3 Å². The van der Waals surface area contributed by atoms with Crippen LogP contribution >= 0.6 is 23.2 Å². The van der Waals surface area contributed by atoms with E-state index in [2.05, 4.69) is 41.4 Å². The number of rotatable bonds is 22. The second kappa shape index (κ2) is 53.4. The summed E-state index contributed by atoms with van der Waals surface area (Å²) < 4.78 is 114.